The zero-order chi connectivity index (χ0) is 26.7. The van der Waals surface area contributed by atoms with Crippen molar-refractivity contribution in [1.82, 2.24) is 14.5 Å². The van der Waals surface area contributed by atoms with Crippen molar-refractivity contribution in [1.29, 1.82) is 0 Å². The standard InChI is InChI=1S/C26H24BrFN4O5/c1-14-22(25(33)23(27)15(2)32(14)3)26(34)31-16-5-6-20(18(28)11-16)37-21-7-8-29-19-12-17(13-30-24(19)21)36-10-9-35-4/h5-8,11-13H,9-10H2,1-4H3,(H,31,34). The van der Waals surface area contributed by atoms with Crippen molar-refractivity contribution in [2.45, 2.75) is 13.8 Å². The van der Waals surface area contributed by atoms with Gasteiger partial charge in [0.1, 0.15) is 23.4 Å². The molecule has 1 amide bonds. The highest BCUT2D eigenvalue weighted by Crippen LogP contribution is 2.31. The SMILES string of the molecule is COCCOc1cnc2c(Oc3ccc(NC(=O)c4c(C)n(C)c(C)c(Br)c4=O)cc3F)ccnc2c1. The lowest BCUT2D eigenvalue weighted by Crippen LogP contribution is -2.27. The summed E-state index contributed by atoms with van der Waals surface area (Å²) in [6.07, 6.45) is 3.05. The summed E-state index contributed by atoms with van der Waals surface area (Å²) in [6, 6.07) is 7.27. The molecule has 3 heterocycles. The summed E-state index contributed by atoms with van der Waals surface area (Å²) in [5, 5.41) is 2.59. The first-order valence-corrected chi connectivity index (χ1v) is 12.0. The van der Waals surface area contributed by atoms with E-state index in [1.807, 2.05) is 0 Å². The van der Waals surface area contributed by atoms with Crippen LogP contribution in [0.3, 0.4) is 0 Å². The molecule has 192 valence electrons. The zero-order valence-electron chi connectivity index (χ0n) is 20.6. The smallest absolute Gasteiger partial charge is 0.261 e. The van der Waals surface area contributed by atoms with Crippen molar-refractivity contribution in [2.75, 3.05) is 25.6 Å². The Morgan fingerprint density at radius 1 is 1.11 bits per heavy atom. The first kappa shape index (κ1) is 26.2. The van der Waals surface area contributed by atoms with Crippen LogP contribution in [0.5, 0.6) is 17.2 Å². The molecule has 0 atom stereocenters. The average Bonchev–Trinajstić information content (AvgIpc) is 2.88. The minimum atomic E-state index is -0.711. The highest BCUT2D eigenvalue weighted by Gasteiger charge is 2.20. The number of anilines is 1. The number of hydrogen-bond acceptors (Lipinski definition) is 7. The molecule has 37 heavy (non-hydrogen) atoms. The molecule has 0 saturated carbocycles. The van der Waals surface area contributed by atoms with Gasteiger partial charge in [0, 0.05) is 55.6 Å². The van der Waals surface area contributed by atoms with E-state index in [9.17, 15) is 14.0 Å². The summed E-state index contributed by atoms with van der Waals surface area (Å²) < 4.78 is 33.3. The predicted molar refractivity (Wildman–Crippen MR) is 140 cm³/mol. The largest absolute Gasteiger partial charge is 0.489 e. The Morgan fingerprint density at radius 3 is 2.62 bits per heavy atom. The van der Waals surface area contributed by atoms with E-state index in [0.29, 0.717) is 51.6 Å². The van der Waals surface area contributed by atoms with Crippen molar-refractivity contribution in [2.24, 2.45) is 7.05 Å². The number of fused-ring (bicyclic) bond motifs is 1. The van der Waals surface area contributed by atoms with Crippen LogP contribution in [0.25, 0.3) is 11.0 Å². The van der Waals surface area contributed by atoms with Gasteiger partial charge in [0.05, 0.1) is 22.8 Å². The number of rotatable bonds is 8. The lowest BCUT2D eigenvalue weighted by atomic mass is 10.1. The number of hydrogen-bond donors (Lipinski definition) is 1. The number of amides is 1. The van der Waals surface area contributed by atoms with Gasteiger partial charge in [0.2, 0.25) is 5.43 Å². The Labute approximate surface area is 220 Å². The number of halogens is 2. The van der Waals surface area contributed by atoms with Crippen LogP contribution in [0.1, 0.15) is 21.7 Å². The van der Waals surface area contributed by atoms with Gasteiger partial charge in [-0.3, -0.25) is 14.6 Å². The van der Waals surface area contributed by atoms with Crippen molar-refractivity contribution in [3.63, 3.8) is 0 Å². The van der Waals surface area contributed by atoms with E-state index >= 15 is 0 Å². The van der Waals surface area contributed by atoms with E-state index in [1.165, 1.54) is 24.5 Å². The monoisotopic (exact) mass is 570 g/mol. The fourth-order valence-electron chi connectivity index (χ4n) is 3.64. The van der Waals surface area contributed by atoms with Crippen LogP contribution in [0.15, 0.2) is 52.0 Å². The fraction of sp³-hybridized carbons (Fsp3) is 0.231. The first-order valence-electron chi connectivity index (χ1n) is 11.2. The molecule has 0 bridgehead atoms. The van der Waals surface area contributed by atoms with E-state index in [4.69, 9.17) is 14.2 Å². The number of methoxy groups -OCH3 is 1. The summed E-state index contributed by atoms with van der Waals surface area (Å²) in [7, 11) is 3.34. The molecule has 9 nitrogen and oxygen atoms in total. The van der Waals surface area contributed by atoms with Gasteiger partial charge in [-0.15, -0.1) is 0 Å². The number of carbonyl (C=O) groups excluding carboxylic acids is 1. The Kier molecular flexibility index (Phi) is 7.84. The molecule has 0 fully saturated rings. The van der Waals surface area contributed by atoms with Gasteiger partial charge < -0.3 is 24.1 Å². The van der Waals surface area contributed by atoms with Gasteiger partial charge in [-0.25, -0.2) is 9.37 Å². The van der Waals surface area contributed by atoms with Crippen molar-refractivity contribution in [3.05, 3.63) is 80.2 Å². The van der Waals surface area contributed by atoms with E-state index in [1.54, 1.807) is 44.7 Å². The van der Waals surface area contributed by atoms with Crippen LogP contribution >= 0.6 is 15.9 Å². The third-order valence-electron chi connectivity index (χ3n) is 5.82. The Bertz CT molecular complexity index is 1560. The molecule has 0 spiro atoms. The minimum Gasteiger partial charge on any atom is -0.489 e. The van der Waals surface area contributed by atoms with Crippen molar-refractivity contribution < 1.29 is 23.4 Å². The molecule has 0 aliphatic carbocycles. The quantitative estimate of drug-likeness (QED) is 0.300. The molecule has 0 aliphatic rings. The Hall–Kier alpha value is -3.83. The normalized spacial score (nSPS) is 11.0. The number of pyridine rings is 3. The maximum Gasteiger partial charge on any atom is 0.261 e. The van der Waals surface area contributed by atoms with Crippen molar-refractivity contribution in [3.8, 4) is 17.2 Å². The van der Waals surface area contributed by atoms with E-state index < -0.39 is 17.2 Å². The summed E-state index contributed by atoms with van der Waals surface area (Å²) in [5.41, 5.74) is 1.83. The molecule has 0 aliphatic heterocycles. The highest BCUT2D eigenvalue weighted by molar-refractivity contribution is 9.10. The average molecular weight is 571 g/mol. The van der Waals surface area contributed by atoms with E-state index in [0.717, 1.165) is 6.07 Å². The molecule has 4 aromatic rings. The molecule has 1 aromatic carbocycles. The molecular weight excluding hydrogens is 547 g/mol. The van der Waals surface area contributed by atoms with Gasteiger partial charge in [0.25, 0.3) is 5.91 Å². The summed E-state index contributed by atoms with van der Waals surface area (Å²) >= 11 is 3.24. The molecule has 11 heteroatoms. The number of benzene rings is 1. The van der Waals surface area contributed by atoms with Crippen LogP contribution in [0.2, 0.25) is 0 Å². The van der Waals surface area contributed by atoms with Crippen LogP contribution in [-0.4, -0.2) is 40.8 Å². The molecule has 0 saturated heterocycles. The maximum atomic E-state index is 14.9. The number of nitrogens with one attached hydrogen (secondary N) is 1. The molecular formula is C26H24BrFN4O5. The third-order valence-corrected chi connectivity index (χ3v) is 6.75. The molecule has 0 radical (unpaired) electrons. The maximum absolute atomic E-state index is 14.9. The number of carbonyl (C=O) groups is 1. The van der Waals surface area contributed by atoms with Crippen LogP contribution in [0, 0.1) is 19.7 Å². The van der Waals surface area contributed by atoms with Crippen LogP contribution < -0.4 is 20.2 Å². The third kappa shape index (κ3) is 5.47. The van der Waals surface area contributed by atoms with Gasteiger partial charge in [-0.1, -0.05) is 0 Å². The highest BCUT2D eigenvalue weighted by atomic mass is 79.9. The summed E-state index contributed by atoms with van der Waals surface area (Å²) in [5.74, 6) is -0.603. The minimum absolute atomic E-state index is 0.0272. The first-order chi connectivity index (χ1) is 17.7. The van der Waals surface area contributed by atoms with E-state index in [-0.39, 0.29) is 17.0 Å². The predicted octanol–water partition coefficient (Wildman–Crippen LogP) is 4.92. The second-order valence-corrected chi connectivity index (χ2v) is 8.93. The lowest BCUT2D eigenvalue weighted by molar-refractivity contribution is 0.102. The van der Waals surface area contributed by atoms with Crippen LogP contribution in [-0.2, 0) is 11.8 Å². The van der Waals surface area contributed by atoms with E-state index in [2.05, 4.69) is 31.2 Å². The molecule has 0 unspecified atom stereocenters. The van der Waals surface area contributed by atoms with Gasteiger partial charge in [-0.05, 0) is 41.9 Å². The van der Waals surface area contributed by atoms with Crippen LogP contribution in [0.4, 0.5) is 10.1 Å². The molecule has 3 aromatic heterocycles. The molecule has 1 N–H and O–H groups in total. The molecule has 4 rings (SSSR count). The summed E-state index contributed by atoms with van der Waals surface area (Å²) in [4.78, 5) is 34.2. The Balaban J connectivity index is 1.55. The van der Waals surface area contributed by atoms with Gasteiger partial charge in [-0.2, -0.15) is 0 Å². The summed E-state index contributed by atoms with van der Waals surface area (Å²) in [6.45, 7) is 4.24. The number of ether oxygens (including phenoxy) is 3. The topological polar surface area (TPSA) is 105 Å². The van der Waals surface area contributed by atoms with Crippen molar-refractivity contribution >= 4 is 38.6 Å². The number of nitrogens with zero attached hydrogens (tertiary/aromatic N) is 3. The Morgan fingerprint density at radius 2 is 1.89 bits per heavy atom. The lowest BCUT2D eigenvalue weighted by Gasteiger charge is -2.15. The number of aromatic nitrogens is 3. The zero-order valence-corrected chi connectivity index (χ0v) is 22.2. The second-order valence-electron chi connectivity index (χ2n) is 8.14. The van der Waals surface area contributed by atoms with Gasteiger partial charge in [0.15, 0.2) is 17.3 Å². The second kappa shape index (κ2) is 11.1. The fourth-order valence-corrected chi connectivity index (χ4v) is 4.10. The van der Waals surface area contributed by atoms with Gasteiger partial charge >= 0.3 is 0 Å².